The molecule has 0 aliphatic carbocycles. The van der Waals surface area contributed by atoms with Crippen LogP contribution in [0.4, 0.5) is 5.69 Å². The highest BCUT2D eigenvalue weighted by atomic mass is 35.5. The Labute approximate surface area is 165 Å². The number of thioether (sulfide) groups is 1. The minimum atomic E-state index is -0.151. The number of furan rings is 1. The van der Waals surface area contributed by atoms with E-state index in [1.807, 2.05) is 66.7 Å². The molecule has 2 aromatic carbocycles. The van der Waals surface area contributed by atoms with Gasteiger partial charge >= 0.3 is 0 Å². The Balaban J connectivity index is 1.63. The third-order valence-electron chi connectivity index (χ3n) is 3.85. The average Bonchev–Trinajstić information content (AvgIpc) is 3.21. The topological polar surface area (TPSA) is 33.5 Å². The molecule has 1 aromatic heterocycles. The maximum atomic E-state index is 12.7. The Hall–Kier alpha value is -2.34. The van der Waals surface area contributed by atoms with Crippen molar-refractivity contribution >= 4 is 57.6 Å². The summed E-state index contributed by atoms with van der Waals surface area (Å²) in [6.45, 7) is 0. The highest BCUT2D eigenvalue weighted by Gasteiger charge is 2.33. The van der Waals surface area contributed by atoms with E-state index >= 15 is 0 Å². The summed E-state index contributed by atoms with van der Waals surface area (Å²) in [5.74, 6) is 1.08. The lowest BCUT2D eigenvalue weighted by Gasteiger charge is -2.13. The highest BCUT2D eigenvalue weighted by Crippen LogP contribution is 2.37. The number of benzene rings is 2. The number of hydrogen-bond donors (Lipinski definition) is 0. The van der Waals surface area contributed by atoms with Gasteiger partial charge in [0, 0.05) is 11.6 Å². The second-order valence-electron chi connectivity index (χ2n) is 5.53. The van der Waals surface area contributed by atoms with Crippen LogP contribution in [0, 0.1) is 0 Å². The number of carbonyl (C=O) groups is 1. The molecule has 0 saturated carbocycles. The predicted octanol–water partition coefficient (Wildman–Crippen LogP) is 6.01. The zero-order valence-corrected chi connectivity index (χ0v) is 15.8. The molecule has 4 rings (SSSR count). The van der Waals surface area contributed by atoms with Gasteiger partial charge in [-0.05, 0) is 36.4 Å². The van der Waals surface area contributed by atoms with E-state index in [1.165, 1.54) is 16.7 Å². The monoisotopic (exact) mass is 397 g/mol. The van der Waals surface area contributed by atoms with Crippen molar-refractivity contribution in [2.24, 2.45) is 0 Å². The molecule has 1 fully saturated rings. The highest BCUT2D eigenvalue weighted by molar-refractivity contribution is 8.27. The van der Waals surface area contributed by atoms with Crippen LogP contribution in [0.1, 0.15) is 5.76 Å². The van der Waals surface area contributed by atoms with Crippen LogP contribution >= 0.6 is 35.6 Å². The minimum absolute atomic E-state index is 0.151. The zero-order chi connectivity index (χ0) is 18.1. The molecule has 128 valence electrons. The van der Waals surface area contributed by atoms with Crippen LogP contribution in [0.2, 0.25) is 5.02 Å². The number of thiocarbonyl (C=S) groups is 1. The molecular formula is C20H12ClNO2S2. The largest absolute Gasteiger partial charge is 0.457 e. The van der Waals surface area contributed by atoms with Gasteiger partial charge in [-0.3, -0.25) is 9.69 Å². The number of carbonyl (C=O) groups excluding carboxylic acids is 1. The number of para-hydroxylation sites is 1. The predicted molar refractivity (Wildman–Crippen MR) is 111 cm³/mol. The first-order valence-electron chi connectivity index (χ1n) is 7.81. The van der Waals surface area contributed by atoms with E-state index in [-0.39, 0.29) is 5.91 Å². The summed E-state index contributed by atoms with van der Waals surface area (Å²) >= 11 is 12.8. The van der Waals surface area contributed by atoms with E-state index in [2.05, 4.69) is 0 Å². The molecule has 0 bridgehead atoms. The van der Waals surface area contributed by atoms with Crippen molar-refractivity contribution in [3.05, 3.63) is 82.4 Å². The molecule has 1 aliphatic rings. The first-order valence-corrected chi connectivity index (χ1v) is 9.41. The van der Waals surface area contributed by atoms with Crippen LogP contribution in [0.5, 0.6) is 0 Å². The number of nitrogens with zero attached hydrogens (tertiary/aromatic N) is 1. The van der Waals surface area contributed by atoms with Crippen molar-refractivity contribution in [2.75, 3.05) is 4.90 Å². The van der Waals surface area contributed by atoms with E-state index in [0.29, 0.717) is 25.8 Å². The van der Waals surface area contributed by atoms with Gasteiger partial charge in [-0.25, -0.2) is 0 Å². The quantitative estimate of drug-likeness (QED) is 0.400. The summed E-state index contributed by atoms with van der Waals surface area (Å²) in [5, 5.41) is 0.615. The Morgan fingerprint density at radius 2 is 1.73 bits per heavy atom. The molecule has 0 radical (unpaired) electrons. The van der Waals surface area contributed by atoms with E-state index in [4.69, 9.17) is 28.2 Å². The first kappa shape index (κ1) is 17.1. The molecule has 0 spiro atoms. The fourth-order valence-electron chi connectivity index (χ4n) is 2.63. The Morgan fingerprint density at radius 3 is 2.50 bits per heavy atom. The lowest BCUT2D eigenvalue weighted by atomic mass is 10.2. The molecule has 3 aromatic rings. The van der Waals surface area contributed by atoms with Crippen LogP contribution in [-0.4, -0.2) is 10.2 Å². The molecule has 0 N–H and O–H groups in total. The van der Waals surface area contributed by atoms with Gasteiger partial charge in [0.05, 0.1) is 15.6 Å². The van der Waals surface area contributed by atoms with Gasteiger partial charge in [0.15, 0.2) is 4.32 Å². The average molecular weight is 398 g/mol. The fourth-order valence-corrected chi connectivity index (χ4v) is 4.14. The van der Waals surface area contributed by atoms with Crippen molar-refractivity contribution < 1.29 is 9.21 Å². The number of rotatable bonds is 3. The van der Waals surface area contributed by atoms with Gasteiger partial charge in [-0.1, -0.05) is 65.9 Å². The van der Waals surface area contributed by atoms with Crippen LogP contribution in [0.3, 0.4) is 0 Å². The van der Waals surface area contributed by atoms with Crippen molar-refractivity contribution in [1.82, 2.24) is 0 Å². The van der Waals surface area contributed by atoms with Crippen LogP contribution in [0.15, 0.2) is 76.1 Å². The summed E-state index contributed by atoms with van der Waals surface area (Å²) in [7, 11) is 0. The Bertz CT molecular complexity index is 1030. The maximum Gasteiger partial charge on any atom is 0.270 e. The molecule has 2 heterocycles. The summed E-state index contributed by atoms with van der Waals surface area (Å²) in [5.41, 5.74) is 1.57. The Morgan fingerprint density at radius 1 is 1.00 bits per heavy atom. The third kappa shape index (κ3) is 3.21. The summed E-state index contributed by atoms with van der Waals surface area (Å²) in [4.78, 5) is 14.8. The molecule has 1 saturated heterocycles. The Kier molecular flexibility index (Phi) is 4.68. The van der Waals surface area contributed by atoms with Gasteiger partial charge in [-0.15, -0.1) is 0 Å². The lowest BCUT2D eigenvalue weighted by molar-refractivity contribution is -0.113. The van der Waals surface area contributed by atoms with E-state index < -0.39 is 0 Å². The normalized spacial score (nSPS) is 15.9. The molecule has 1 amide bonds. The molecule has 1 aliphatic heterocycles. The smallest absolute Gasteiger partial charge is 0.270 e. The molecule has 26 heavy (non-hydrogen) atoms. The lowest BCUT2D eigenvalue weighted by Crippen LogP contribution is -2.27. The van der Waals surface area contributed by atoms with Crippen LogP contribution in [-0.2, 0) is 4.79 Å². The van der Waals surface area contributed by atoms with Crippen LogP contribution in [0.25, 0.3) is 17.4 Å². The molecule has 3 nitrogen and oxygen atoms in total. The number of anilines is 1. The van der Waals surface area contributed by atoms with E-state index in [1.54, 1.807) is 6.08 Å². The second-order valence-corrected chi connectivity index (χ2v) is 7.62. The first-order chi connectivity index (χ1) is 12.6. The number of amides is 1. The second kappa shape index (κ2) is 7.11. The van der Waals surface area contributed by atoms with E-state index in [9.17, 15) is 4.79 Å². The molecule has 0 unspecified atom stereocenters. The molecular weight excluding hydrogens is 386 g/mol. The summed E-state index contributed by atoms with van der Waals surface area (Å²) < 4.78 is 6.35. The van der Waals surface area contributed by atoms with Gasteiger partial charge < -0.3 is 4.42 Å². The van der Waals surface area contributed by atoms with Crippen molar-refractivity contribution in [2.45, 2.75) is 0 Å². The molecule has 6 heteroatoms. The van der Waals surface area contributed by atoms with Gasteiger partial charge in [0.2, 0.25) is 0 Å². The maximum absolute atomic E-state index is 12.7. The van der Waals surface area contributed by atoms with Gasteiger partial charge in [0.25, 0.3) is 5.91 Å². The fraction of sp³-hybridized carbons (Fsp3) is 0. The van der Waals surface area contributed by atoms with Gasteiger partial charge in [0.1, 0.15) is 11.5 Å². The van der Waals surface area contributed by atoms with E-state index in [0.717, 1.165) is 11.3 Å². The molecule has 0 atom stereocenters. The van der Waals surface area contributed by atoms with Crippen molar-refractivity contribution in [3.8, 4) is 11.3 Å². The number of hydrogen-bond acceptors (Lipinski definition) is 4. The van der Waals surface area contributed by atoms with Crippen LogP contribution < -0.4 is 4.90 Å². The summed E-state index contributed by atoms with van der Waals surface area (Å²) in [6, 6.07) is 20.5. The standard InChI is InChI=1S/C20H12ClNO2S2/c21-16-9-5-4-8-15(16)17-11-10-14(24-17)12-18-19(23)22(20(25)26-18)13-6-2-1-3-7-13/h1-12H/b18-12+. The zero-order valence-electron chi connectivity index (χ0n) is 13.4. The van der Waals surface area contributed by atoms with Crippen molar-refractivity contribution in [1.29, 1.82) is 0 Å². The van der Waals surface area contributed by atoms with Gasteiger partial charge in [-0.2, -0.15) is 0 Å². The SMILES string of the molecule is O=C1/C(=C\c2ccc(-c3ccccc3Cl)o2)SC(=S)N1c1ccccc1. The van der Waals surface area contributed by atoms with Crippen molar-refractivity contribution in [3.63, 3.8) is 0 Å². The summed E-state index contributed by atoms with van der Waals surface area (Å²) in [6.07, 6.45) is 1.71. The minimum Gasteiger partial charge on any atom is -0.457 e. The third-order valence-corrected chi connectivity index (χ3v) is 5.48. The number of halogens is 1.